The Morgan fingerprint density at radius 1 is 1.29 bits per heavy atom. The third kappa shape index (κ3) is 3.68. The lowest BCUT2D eigenvalue weighted by atomic mass is 9.80. The van der Waals surface area contributed by atoms with Crippen molar-refractivity contribution in [2.75, 3.05) is 0 Å². The van der Waals surface area contributed by atoms with Gasteiger partial charge in [-0.25, -0.2) is 4.98 Å². The van der Waals surface area contributed by atoms with Crippen molar-refractivity contribution in [1.29, 1.82) is 0 Å². The van der Waals surface area contributed by atoms with E-state index in [1.807, 2.05) is 12.1 Å². The van der Waals surface area contributed by atoms with Gasteiger partial charge < -0.3 is 4.74 Å². The minimum absolute atomic E-state index is 0.414. The van der Waals surface area contributed by atoms with Crippen molar-refractivity contribution < 1.29 is 4.74 Å². The van der Waals surface area contributed by atoms with Gasteiger partial charge in [-0.05, 0) is 42.7 Å². The number of hydrogen-bond acceptors (Lipinski definition) is 2. The molecule has 3 heteroatoms. The molecular formula is C14H20ClNO. The number of halogens is 1. The van der Waals surface area contributed by atoms with Gasteiger partial charge in [0.15, 0.2) is 0 Å². The highest BCUT2D eigenvalue weighted by atomic mass is 35.5. The molecule has 1 aromatic rings. The Hall–Kier alpha value is -0.600. The molecule has 0 N–H and O–H groups in total. The van der Waals surface area contributed by atoms with Crippen molar-refractivity contribution in [2.45, 2.75) is 45.8 Å². The first-order chi connectivity index (χ1) is 8.15. The van der Waals surface area contributed by atoms with Crippen molar-refractivity contribution in [1.82, 2.24) is 4.98 Å². The number of nitrogens with zero attached hydrogens (tertiary/aromatic N) is 1. The first-order valence-corrected chi connectivity index (χ1v) is 6.75. The number of hydrogen-bond donors (Lipinski definition) is 0. The van der Waals surface area contributed by atoms with Crippen LogP contribution < -0.4 is 0 Å². The van der Waals surface area contributed by atoms with Crippen LogP contribution in [0.15, 0.2) is 18.3 Å². The second kappa shape index (κ2) is 5.83. The highest BCUT2D eigenvalue weighted by molar-refractivity contribution is 6.29. The topological polar surface area (TPSA) is 22.1 Å². The lowest BCUT2D eigenvalue weighted by molar-refractivity contribution is -0.00754. The molecule has 0 aromatic carbocycles. The molecular weight excluding hydrogens is 234 g/mol. The summed E-state index contributed by atoms with van der Waals surface area (Å²) in [6, 6.07) is 3.79. The molecule has 3 unspecified atom stereocenters. The minimum atomic E-state index is 0.414. The second-order valence-corrected chi connectivity index (χ2v) is 5.58. The molecule has 2 rings (SSSR count). The van der Waals surface area contributed by atoms with E-state index in [1.165, 1.54) is 19.3 Å². The number of rotatable bonds is 3. The van der Waals surface area contributed by atoms with E-state index >= 15 is 0 Å². The molecule has 1 aliphatic carbocycles. The van der Waals surface area contributed by atoms with Crippen molar-refractivity contribution in [3.05, 3.63) is 29.0 Å². The highest BCUT2D eigenvalue weighted by Crippen LogP contribution is 2.31. The van der Waals surface area contributed by atoms with Gasteiger partial charge in [-0.2, -0.15) is 0 Å². The van der Waals surface area contributed by atoms with Crippen LogP contribution in [0, 0.1) is 11.8 Å². The Morgan fingerprint density at radius 2 is 2.12 bits per heavy atom. The van der Waals surface area contributed by atoms with E-state index in [0.717, 1.165) is 17.4 Å². The normalized spacial score (nSPS) is 29.2. The minimum Gasteiger partial charge on any atom is -0.373 e. The van der Waals surface area contributed by atoms with Gasteiger partial charge in [-0.3, -0.25) is 0 Å². The van der Waals surface area contributed by atoms with E-state index in [4.69, 9.17) is 16.3 Å². The highest BCUT2D eigenvalue weighted by Gasteiger charge is 2.24. The average molecular weight is 254 g/mol. The zero-order valence-corrected chi connectivity index (χ0v) is 11.3. The fraction of sp³-hybridized carbons (Fsp3) is 0.643. The van der Waals surface area contributed by atoms with Crippen molar-refractivity contribution in [3.63, 3.8) is 0 Å². The fourth-order valence-electron chi connectivity index (χ4n) is 2.36. The van der Waals surface area contributed by atoms with Crippen LogP contribution in [-0.2, 0) is 11.3 Å². The summed E-state index contributed by atoms with van der Waals surface area (Å²) in [5.41, 5.74) is 1.10. The van der Waals surface area contributed by atoms with Gasteiger partial charge in [-0.15, -0.1) is 0 Å². The largest absolute Gasteiger partial charge is 0.373 e. The lowest BCUT2D eigenvalue weighted by Gasteiger charge is -2.31. The maximum absolute atomic E-state index is 5.94. The van der Waals surface area contributed by atoms with Crippen LogP contribution >= 0.6 is 11.6 Å². The molecule has 1 aliphatic rings. The van der Waals surface area contributed by atoms with Gasteiger partial charge in [-0.1, -0.05) is 31.5 Å². The molecule has 1 heterocycles. The van der Waals surface area contributed by atoms with E-state index in [-0.39, 0.29) is 0 Å². The van der Waals surface area contributed by atoms with Gasteiger partial charge in [0, 0.05) is 6.20 Å². The van der Waals surface area contributed by atoms with Crippen molar-refractivity contribution in [2.24, 2.45) is 11.8 Å². The Balaban J connectivity index is 1.80. The smallest absolute Gasteiger partial charge is 0.129 e. The zero-order valence-electron chi connectivity index (χ0n) is 10.5. The summed E-state index contributed by atoms with van der Waals surface area (Å²) in [5.74, 6) is 1.61. The lowest BCUT2D eigenvalue weighted by Crippen LogP contribution is -2.26. The molecule has 1 saturated carbocycles. The number of ether oxygens (including phenoxy) is 1. The summed E-state index contributed by atoms with van der Waals surface area (Å²) in [7, 11) is 0. The maximum Gasteiger partial charge on any atom is 0.129 e. The zero-order chi connectivity index (χ0) is 12.3. The Bertz CT molecular complexity index is 352. The molecule has 17 heavy (non-hydrogen) atoms. The van der Waals surface area contributed by atoms with Crippen LogP contribution in [0.2, 0.25) is 5.15 Å². The summed E-state index contributed by atoms with van der Waals surface area (Å²) in [6.45, 7) is 5.31. The van der Waals surface area contributed by atoms with Crippen LogP contribution in [0.1, 0.15) is 38.7 Å². The maximum atomic E-state index is 5.94. The summed E-state index contributed by atoms with van der Waals surface area (Å²) in [5, 5.41) is 0.536. The summed E-state index contributed by atoms with van der Waals surface area (Å²) < 4.78 is 5.94. The van der Waals surface area contributed by atoms with Crippen molar-refractivity contribution in [3.8, 4) is 0 Å². The van der Waals surface area contributed by atoms with Crippen LogP contribution in [0.3, 0.4) is 0 Å². The van der Waals surface area contributed by atoms with Gasteiger partial charge >= 0.3 is 0 Å². The molecule has 2 nitrogen and oxygen atoms in total. The SMILES string of the molecule is CC1CCC(OCc2ccc(Cl)nc2)CC1C. The molecule has 94 valence electrons. The Kier molecular flexibility index (Phi) is 4.41. The first-order valence-electron chi connectivity index (χ1n) is 6.37. The molecule has 1 aromatic heterocycles. The van der Waals surface area contributed by atoms with Crippen LogP contribution in [0.4, 0.5) is 0 Å². The molecule has 0 radical (unpaired) electrons. The molecule has 1 fully saturated rings. The predicted octanol–water partition coefficient (Wildman–Crippen LogP) is 4.08. The average Bonchev–Trinajstić information content (AvgIpc) is 2.33. The quantitative estimate of drug-likeness (QED) is 0.758. The van der Waals surface area contributed by atoms with Crippen molar-refractivity contribution >= 4 is 11.6 Å². The van der Waals surface area contributed by atoms with E-state index in [9.17, 15) is 0 Å². The standard InChI is InChI=1S/C14H20ClNO/c1-10-3-5-13(7-11(10)2)17-9-12-4-6-14(15)16-8-12/h4,6,8,10-11,13H,3,5,7,9H2,1-2H3. The Labute approximate surface area is 108 Å². The molecule has 0 bridgehead atoms. The third-order valence-electron chi connectivity index (χ3n) is 3.82. The van der Waals surface area contributed by atoms with E-state index < -0.39 is 0 Å². The van der Waals surface area contributed by atoms with Gasteiger partial charge in [0.05, 0.1) is 12.7 Å². The summed E-state index contributed by atoms with van der Waals surface area (Å²) in [6.07, 6.45) is 5.85. The van der Waals surface area contributed by atoms with Crippen LogP contribution in [0.5, 0.6) is 0 Å². The Morgan fingerprint density at radius 3 is 2.76 bits per heavy atom. The molecule has 0 amide bonds. The third-order valence-corrected chi connectivity index (χ3v) is 4.05. The molecule has 0 saturated heterocycles. The molecule has 0 aliphatic heterocycles. The number of pyridine rings is 1. The fourth-order valence-corrected chi connectivity index (χ4v) is 2.47. The summed E-state index contributed by atoms with van der Waals surface area (Å²) >= 11 is 5.74. The first kappa shape index (κ1) is 12.8. The van der Waals surface area contributed by atoms with E-state index in [1.54, 1.807) is 6.20 Å². The van der Waals surface area contributed by atoms with Crippen LogP contribution in [-0.4, -0.2) is 11.1 Å². The van der Waals surface area contributed by atoms with E-state index in [0.29, 0.717) is 17.9 Å². The number of aromatic nitrogens is 1. The van der Waals surface area contributed by atoms with Gasteiger partial charge in [0.2, 0.25) is 0 Å². The van der Waals surface area contributed by atoms with Gasteiger partial charge in [0.1, 0.15) is 5.15 Å². The monoisotopic (exact) mass is 253 g/mol. The predicted molar refractivity (Wildman–Crippen MR) is 70.0 cm³/mol. The molecule has 0 spiro atoms. The van der Waals surface area contributed by atoms with Gasteiger partial charge in [0.25, 0.3) is 0 Å². The second-order valence-electron chi connectivity index (χ2n) is 5.19. The molecule has 3 atom stereocenters. The van der Waals surface area contributed by atoms with E-state index in [2.05, 4.69) is 18.8 Å². The van der Waals surface area contributed by atoms with Crippen LogP contribution in [0.25, 0.3) is 0 Å². The summed E-state index contributed by atoms with van der Waals surface area (Å²) in [4.78, 5) is 4.06.